The molecule has 1 aromatic rings. The number of urea groups is 1. The van der Waals surface area contributed by atoms with Crippen LogP contribution in [0.25, 0.3) is 0 Å². The molecule has 19 heavy (non-hydrogen) atoms. The van der Waals surface area contributed by atoms with Crippen molar-refractivity contribution in [2.45, 2.75) is 6.42 Å². The topological polar surface area (TPSA) is 59.6 Å². The fourth-order valence-corrected chi connectivity index (χ4v) is 1.37. The minimum absolute atomic E-state index is 0.185. The summed E-state index contributed by atoms with van der Waals surface area (Å²) in [5.74, 6) is -0.226. The van der Waals surface area contributed by atoms with E-state index in [2.05, 4.69) is 10.6 Å². The molecule has 1 rings (SSSR count). The highest BCUT2D eigenvalue weighted by Crippen LogP contribution is 2.14. The molecule has 0 aromatic heterocycles. The van der Waals surface area contributed by atoms with Gasteiger partial charge in [0.1, 0.15) is 6.61 Å². The molecule has 0 bridgehead atoms. The molecular formula is C13H19FN2O3. The van der Waals surface area contributed by atoms with Crippen LogP contribution in [0, 0.1) is 5.82 Å². The maximum atomic E-state index is 13.2. The van der Waals surface area contributed by atoms with Gasteiger partial charge in [0.05, 0.1) is 6.54 Å². The number of nitrogens with one attached hydrogen (secondary N) is 2. The number of benzene rings is 1. The highest BCUT2D eigenvalue weighted by molar-refractivity contribution is 5.73. The van der Waals surface area contributed by atoms with Crippen LogP contribution >= 0.6 is 0 Å². The number of methoxy groups -OCH3 is 1. The number of ether oxygens (including phenoxy) is 2. The zero-order valence-electron chi connectivity index (χ0n) is 10.9. The van der Waals surface area contributed by atoms with E-state index in [0.29, 0.717) is 19.7 Å². The van der Waals surface area contributed by atoms with E-state index in [1.165, 1.54) is 6.07 Å². The second kappa shape index (κ2) is 9.16. The van der Waals surface area contributed by atoms with Crippen LogP contribution in [-0.4, -0.2) is 39.4 Å². The first-order valence-electron chi connectivity index (χ1n) is 6.12. The third-order valence-corrected chi connectivity index (χ3v) is 2.29. The Bertz CT molecular complexity index is 388. The molecule has 1 aromatic carbocycles. The number of rotatable bonds is 8. The summed E-state index contributed by atoms with van der Waals surface area (Å²) in [7, 11) is 1.61. The molecule has 0 unspecified atom stereocenters. The van der Waals surface area contributed by atoms with Gasteiger partial charge in [0.15, 0.2) is 11.6 Å². The van der Waals surface area contributed by atoms with Gasteiger partial charge in [0, 0.05) is 20.3 Å². The van der Waals surface area contributed by atoms with E-state index in [1.807, 2.05) is 0 Å². The van der Waals surface area contributed by atoms with Crippen LogP contribution < -0.4 is 15.4 Å². The normalized spacial score (nSPS) is 10.0. The van der Waals surface area contributed by atoms with Crippen LogP contribution in [0.1, 0.15) is 6.42 Å². The Morgan fingerprint density at radius 1 is 1.21 bits per heavy atom. The first-order chi connectivity index (χ1) is 9.24. The van der Waals surface area contributed by atoms with Gasteiger partial charge in [-0.25, -0.2) is 9.18 Å². The first-order valence-corrected chi connectivity index (χ1v) is 6.12. The Kier molecular flexibility index (Phi) is 7.34. The number of carbonyl (C=O) groups excluding carboxylic acids is 1. The van der Waals surface area contributed by atoms with Gasteiger partial charge in [-0.2, -0.15) is 0 Å². The maximum Gasteiger partial charge on any atom is 0.314 e. The van der Waals surface area contributed by atoms with Gasteiger partial charge in [0.25, 0.3) is 0 Å². The molecule has 0 saturated carbocycles. The van der Waals surface area contributed by atoms with Crippen LogP contribution in [0.15, 0.2) is 24.3 Å². The quantitative estimate of drug-likeness (QED) is 0.704. The van der Waals surface area contributed by atoms with Gasteiger partial charge in [-0.3, -0.25) is 0 Å². The lowest BCUT2D eigenvalue weighted by molar-refractivity contribution is 0.193. The predicted molar refractivity (Wildman–Crippen MR) is 69.8 cm³/mol. The second-order valence-electron chi connectivity index (χ2n) is 3.81. The highest BCUT2D eigenvalue weighted by atomic mass is 19.1. The predicted octanol–water partition coefficient (Wildman–Crippen LogP) is 1.54. The molecule has 0 atom stereocenters. The molecule has 5 nitrogen and oxygen atoms in total. The zero-order valence-corrected chi connectivity index (χ0v) is 10.9. The minimum Gasteiger partial charge on any atom is -0.489 e. The molecule has 0 aliphatic heterocycles. The lowest BCUT2D eigenvalue weighted by atomic mass is 10.3. The van der Waals surface area contributed by atoms with Crippen molar-refractivity contribution >= 4 is 6.03 Å². The largest absolute Gasteiger partial charge is 0.489 e. The maximum absolute atomic E-state index is 13.2. The first kappa shape index (κ1) is 15.2. The Hall–Kier alpha value is -1.82. The Labute approximate surface area is 112 Å². The Balaban J connectivity index is 2.07. The van der Waals surface area contributed by atoms with Crippen LogP contribution in [0.3, 0.4) is 0 Å². The molecule has 0 saturated heterocycles. The average Bonchev–Trinajstić information content (AvgIpc) is 2.41. The van der Waals surface area contributed by atoms with Crippen molar-refractivity contribution in [2.24, 2.45) is 0 Å². The molecule has 106 valence electrons. The van der Waals surface area contributed by atoms with E-state index in [1.54, 1.807) is 25.3 Å². The SMILES string of the molecule is COCCCNC(=O)NCCOc1ccccc1F. The van der Waals surface area contributed by atoms with Gasteiger partial charge in [-0.05, 0) is 18.6 Å². The molecule has 0 aliphatic carbocycles. The fourth-order valence-electron chi connectivity index (χ4n) is 1.37. The number of amides is 2. The number of para-hydroxylation sites is 1. The lowest BCUT2D eigenvalue weighted by Crippen LogP contribution is -2.38. The highest BCUT2D eigenvalue weighted by Gasteiger charge is 2.02. The van der Waals surface area contributed by atoms with E-state index < -0.39 is 5.82 Å². The van der Waals surface area contributed by atoms with Crippen LogP contribution in [0.4, 0.5) is 9.18 Å². The molecular weight excluding hydrogens is 251 g/mol. The molecule has 0 radical (unpaired) electrons. The van der Waals surface area contributed by atoms with Crippen molar-refractivity contribution in [3.63, 3.8) is 0 Å². The Morgan fingerprint density at radius 3 is 2.68 bits per heavy atom. The van der Waals surface area contributed by atoms with E-state index in [4.69, 9.17) is 9.47 Å². The lowest BCUT2D eigenvalue weighted by Gasteiger charge is -2.09. The van der Waals surface area contributed by atoms with Crippen LogP contribution in [-0.2, 0) is 4.74 Å². The smallest absolute Gasteiger partial charge is 0.314 e. The van der Waals surface area contributed by atoms with Crippen LogP contribution in [0.5, 0.6) is 5.75 Å². The van der Waals surface area contributed by atoms with Gasteiger partial charge in [0.2, 0.25) is 0 Å². The molecule has 2 amide bonds. The van der Waals surface area contributed by atoms with E-state index >= 15 is 0 Å². The summed E-state index contributed by atoms with van der Waals surface area (Å²) in [6.45, 7) is 1.68. The monoisotopic (exact) mass is 270 g/mol. The van der Waals surface area contributed by atoms with Crippen molar-refractivity contribution in [1.29, 1.82) is 0 Å². The molecule has 0 aliphatic rings. The minimum atomic E-state index is -0.411. The second-order valence-corrected chi connectivity index (χ2v) is 3.81. The number of carbonyl (C=O) groups is 1. The van der Waals surface area contributed by atoms with Crippen molar-refractivity contribution < 1.29 is 18.7 Å². The summed E-state index contributed by atoms with van der Waals surface area (Å²) in [4.78, 5) is 11.3. The molecule has 0 spiro atoms. The van der Waals surface area contributed by atoms with Crippen molar-refractivity contribution in [3.8, 4) is 5.75 Å². The van der Waals surface area contributed by atoms with E-state index in [9.17, 15) is 9.18 Å². The Morgan fingerprint density at radius 2 is 1.95 bits per heavy atom. The summed E-state index contributed by atoms with van der Waals surface area (Å²) in [5, 5.41) is 5.28. The number of hydrogen-bond donors (Lipinski definition) is 2. The number of hydrogen-bond acceptors (Lipinski definition) is 3. The van der Waals surface area contributed by atoms with Gasteiger partial charge < -0.3 is 20.1 Å². The van der Waals surface area contributed by atoms with Gasteiger partial charge >= 0.3 is 6.03 Å². The average molecular weight is 270 g/mol. The number of halogens is 1. The summed E-state index contributed by atoms with van der Waals surface area (Å²) >= 11 is 0. The fraction of sp³-hybridized carbons (Fsp3) is 0.462. The van der Waals surface area contributed by atoms with Crippen molar-refractivity contribution in [1.82, 2.24) is 10.6 Å². The summed E-state index contributed by atoms with van der Waals surface area (Å²) in [6, 6.07) is 5.88. The summed E-state index contributed by atoms with van der Waals surface area (Å²) < 4.78 is 23.2. The summed E-state index contributed by atoms with van der Waals surface area (Å²) in [5.41, 5.74) is 0. The third kappa shape index (κ3) is 6.61. The van der Waals surface area contributed by atoms with Crippen LogP contribution in [0.2, 0.25) is 0 Å². The third-order valence-electron chi connectivity index (χ3n) is 2.29. The van der Waals surface area contributed by atoms with E-state index in [0.717, 1.165) is 6.42 Å². The molecule has 6 heteroatoms. The summed E-state index contributed by atoms with van der Waals surface area (Å²) in [6.07, 6.45) is 0.760. The van der Waals surface area contributed by atoms with Gasteiger partial charge in [-0.1, -0.05) is 12.1 Å². The van der Waals surface area contributed by atoms with Gasteiger partial charge in [-0.15, -0.1) is 0 Å². The standard InChI is InChI=1S/C13H19FN2O3/c1-18-9-4-7-15-13(17)16-8-10-19-12-6-3-2-5-11(12)14/h2-3,5-6H,4,7-10H2,1H3,(H2,15,16,17). The van der Waals surface area contributed by atoms with Crippen molar-refractivity contribution in [3.05, 3.63) is 30.1 Å². The zero-order chi connectivity index (χ0) is 13.9. The van der Waals surface area contributed by atoms with Crippen molar-refractivity contribution in [2.75, 3.05) is 33.4 Å². The molecule has 2 N–H and O–H groups in total. The van der Waals surface area contributed by atoms with E-state index in [-0.39, 0.29) is 18.4 Å². The molecule has 0 fully saturated rings. The molecule has 0 heterocycles.